The maximum absolute atomic E-state index is 13.1. The van der Waals surface area contributed by atoms with Crippen LogP contribution in [0.2, 0.25) is 0 Å². The van der Waals surface area contributed by atoms with E-state index in [1.165, 1.54) is 9.13 Å². The van der Waals surface area contributed by atoms with Gasteiger partial charge in [0.15, 0.2) is 0 Å². The summed E-state index contributed by atoms with van der Waals surface area (Å²) in [5.41, 5.74) is 4.43. The van der Waals surface area contributed by atoms with Crippen molar-refractivity contribution < 1.29 is 9.90 Å². The number of carbonyl (C=O) groups is 1. The number of nitrogens with one attached hydrogen (secondary N) is 1. The van der Waals surface area contributed by atoms with E-state index >= 15 is 0 Å². The molecule has 3 fully saturated rings. The molecule has 0 radical (unpaired) electrons. The summed E-state index contributed by atoms with van der Waals surface area (Å²) in [4.78, 5) is 40.0. The lowest BCUT2D eigenvalue weighted by Crippen LogP contribution is -2.51. The third-order valence-electron chi connectivity index (χ3n) is 7.76. The second-order valence-electron chi connectivity index (χ2n) is 10.1. The van der Waals surface area contributed by atoms with Crippen molar-refractivity contribution >= 4 is 11.7 Å². The molecule has 1 amide bonds. The van der Waals surface area contributed by atoms with Crippen LogP contribution in [0.4, 0.5) is 0 Å². The molecule has 1 saturated heterocycles. The van der Waals surface area contributed by atoms with Gasteiger partial charge in [-0.2, -0.15) is 0 Å². The van der Waals surface area contributed by atoms with E-state index in [4.69, 9.17) is 11.1 Å². The Morgan fingerprint density at radius 2 is 1.84 bits per heavy atom. The first-order chi connectivity index (χ1) is 14.6. The predicted octanol–water partition coefficient (Wildman–Crippen LogP) is 1.54. The number of aromatic hydroxyl groups is 1. The molecule has 4 rings (SSSR count). The van der Waals surface area contributed by atoms with Crippen LogP contribution < -0.4 is 17.0 Å². The van der Waals surface area contributed by atoms with Gasteiger partial charge in [0.2, 0.25) is 11.8 Å². The van der Waals surface area contributed by atoms with Gasteiger partial charge in [-0.1, -0.05) is 13.3 Å². The molecule has 1 aliphatic heterocycles. The minimum Gasteiger partial charge on any atom is -0.494 e. The van der Waals surface area contributed by atoms with Crippen molar-refractivity contribution in [2.75, 3.05) is 13.6 Å². The number of nitrogens with two attached hydrogens (primary N) is 1. The highest BCUT2D eigenvalue weighted by atomic mass is 16.3. The van der Waals surface area contributed by atoms with Crippen LogP contribution in [0.5, 0.6) is 5.88 Å². The van der Waals surface area contributed by atoms with Crippen molar-refractivity contribution in [3.63, 3.8) is 0 Å². The number of hydrogen-bond acceptors (Lipinski definition) is 5. The van der Waals surface area contributed by atoms with Gasteiger partial charge < -0.3 is 15.7 Å². The van der Waals surface area contributed by atoms with Crippen molar-refractivity contribution in [3.8, 4) is 5.88 Å². The number of aromatic nitrogens is 2. The van der Waals surface area contributed by atoms with Crippen LogP contribution in [-0.4, -0.2) is 44.5 Å². The van der Waals surface area contributed by atoms with Gasteiger partial charge in [0.05, 0.1) is 0 Å². The van der Waals surface area contributed by atoms with Gasteiger partial charge >= 0.3 is 5.69 Å². The summed E-state index contributed by atoms with van der Waals surface area (Å²) in [5, 5.41) is 18.2. The molecule has 0 atom stereocenters. The lowest BCUT2D eigenvalue weighted by molar-refractivity contribution is -0.127. The van der Waals surface area contributed by atoms with Gasteiger partial charge in [0, 0.05) is 32.6 Å². The van der Waals surface area contributed by atoms with E-state index in [2.05, 4.69) is 0 Å². The van der Waals surface area contributed by atoms with E-state index in [0.29, 0.717) is 25.7 Å². The zero-order chi connectivity index (χ0) is 22.6. The van der Waals surface area contributed by atoms with Crippen molar-refractivity contribution in [1.82, 2.24) is 14.0 Å². The number of rotatable bonds is 5. The van der Waals surface area contributed by atoms with Gasteiger partial charge in [0.25, 0.3) is 5.56 Å². The molecule has 31 heavy (non-hydrogen) atoms. The fourth-order valence-electron chi connectivity index (χ4n) is 6.44. The second-order valence-corrected chi connectivity index (χ2v) is 10.1. The predicted molar refractivity (Wildman–Crippen MR) is 116 cm³/mol. The quantitative estimate of drug-likeness (QED) is 0.480. The van der Waals surface area contributed by atoms with Crippen LogP contribution in [0.3, 0.4) is 0 Å². The molecule has 3 aliphatic rings. The van der Waals surface area contributed by atoms with Gasteiger partial charge in [-0.3, -0.25) is 24.1 Å². The molecule has 2 saturated carbocycles. The van der Waals surface area contributed by atoms with Crippen LogP contribution >= 0.6 is 0 Å². The Morgan fingerprint density at radius 3 is 2.35 bits per heavy atom. The molecule has 170 valence electrons. The number of nitrogen functional groups attached to an aromatic ring is 1. The van der Waals surface area contributed by atoms with E-state index in [-0.39, 0.29) is 34.9 Å². The van der Waals surface area contributed by atoms with E-state index in [9.17, 15) is 19.5 Å². The monoisotopic (exact) mass is 431 g/mol. The highest BCUT2D eigenvalue weighted by Crippen LogP contribution is 2.64. The summed E-state index contributed by atoms with van der Waals surface area (Å²) < 4.78 is 2.41. The Morgan fingerprint density at radius 1 is 1.19 bits per heavy atom. The average Bonchev–Trinajstić information content (AvgIpc) is 2.96. The number of amides is 1. The lowest BCUT2D eigenvalue weighted by atomic mass is 9.48. The Bertz CT molecular complexity index is 1020. The fourth-order valence-corrected chi connectivity index (χ4v) is 6.44. The molecule has 2 spiro atoms. The number of unbranched alkanes of at least 4 members (excludes halogenated alkanes) is 1. The zero-order valence-corrected chi connectivity index (χ0v) is 18.4. The number of amidine groups is 1. The standard InChI is InChI=1S/C22H33N5O4/c1-3-4-9-26-18(29)16(17(23)24)19(30)27(20(26)31)14-5-7-21(8-6-14)11-22(12-21)10-15(28)25(2)13-22/h14,29H,3-13H2,1-2H3,(H3,23,24). The summed E-state index contributed by atoms with van der Waals surface area (Å²) in [6, 6.07) is -0.262. The summed E-state index contributed by atoms with van der Waals surface area (Å²) in [5.74, 6) is -0.802. The molecule has 1 aromatic rings. The van der Waals surface area contributed by atoms with Crippen LogP contribution in [0.15, 0.2) is 9.59 Å². The minimum atomic E-state index is -0.670. The molecule has 9 nitrogen and oxygen atoms in total. The van der Waals surface area contributed by atoms with Gasteiger partial charge in [-0.05, 0) is 55.8 Å². The summed E-state index contributed by atoms with van der Waals surface area (Å²) in [6.45, 7) is 3.09. The maximum atomic E-state index is 13.1. The molecule has 0 unspecified atom stereocenters. The molecule has 0 bridgehead atoms. The molecule has 1 aromatic heterocycles. The SMILES string of the molecule is CCCCn1c(O)c(C(=N)N)c(=O)n(C2CCC3(CC2)CC2(CC(=O)N(C)C2)C3)c1=O. The van der Waals surface area contributed by atoms with E-state index in [1.807, 2.05) is 18.9 Å². The zero-order valence-electron chi connectivity index (χ0n) is 18.4. The van der Waals surface area contributed by atoms with Crippen molar-refractivity contribution in [3.05, 3.63) is 26.4 Å². The largest absolute Gasteiger partial charge is 0.494 e. The number of hydrogen-bond donors (Lipinski definition) is 3. The third-order valence-corrected chi connectivity index (χ3v) is 7.76. The van der Waals surface area contributed by atoms with E-state index in [1.54, 1.807) is 0 Å². The van der Waals surface area contributed by atoms with Gasteiger partial charge in [-0.25, -0.2) is 4.79 Å². The summed E-state index contributed by atoms with van der Waals surface area (Å²) >= 11 is 0. The van der Waals surface area contributed by atoms with Gasteiger partial charge in [-0.15, -0.1) is 0 Å². The highest BCUT2D eigenvalue weighted by Gasteiger charge is 2.58. The second kappa shape index (κ2) is 7.53. The number of carbonyl (C=O) groups excluding carboxylic acids is 1. The minimum absolute atomic E-state index is 0.114. The smallest absolute Gasteiger partial charge is 0.334 e. The molecule has 9 heteroatoms. The summed E-state index contributed by atoms with van der Waals surface area (Å²) in [7, 11) is 1.87. The highest BCUT2D eigenvalue weighted by molar-refractivity contribution is 5.96. The average molecular weight is 432 g/mol. The molecule has 2 heterocycles. The molecule has 0 aromatic carbocycles. The third kappa shape index (κ3) is 3.47. The van der Waals surface area contributed by atoms with Gasteiger partial charge in [0.1, 0.15) is 11.4 Å². The Labute approximate surface area is 181 Å². The first-order valence-corrected chi connectivity index (χ1v) is 11.3. The fraction of sp³-hybridized carbons (Fsp3) is 0.727. The van der Waals surface area contributed by atoms with Crippen molar-refractivity contribution in [2.45, 2.75) is 77.3 Å². The first-order valence-electron chi connectivity index (χ1n) is 11.3. The van der Waals surface area contributed by atoms with Crippen molar-refractivity contribution in [1.29, 1.82) is 5.41 Å². The lowest BCUT2D eigenvalue weighted by Gasteiger charge is -2.57. The van der Waals surface area contributed by atoms with Crippen molar-refractivity contribution in [2.24, 2.45) is 16.6 Å². The Balaban J connectivity index is 1.57. The van der Waals surface area contributed by atoms with E-state index in [0.717, 1.165) is 38.6 Å². The Hall–Kier alpha value is -2.58. The van der Waals surface area contributed by atoms with Crippen LogP contribution in [0.25, 0.3) is 0 Å². The van der Waals surface area contributed by atoms with Crippen LogP contribution in [-0.2, 0) is 11.3 Å². The Kier molecular flexibility index (Phi) is 5.26. The molecular weight excluding hydrogens is 398 g/mol. The number of nitrogens with zero attached hydrogens (tertiary/aromatic N) is 3. The number of likely N-dealkylation sites (tertiary alicyclic amines) is 1. The molecular formula is C22H33N5O4. The van der Waals surface area contributed by atoms with E-state index < -0.39 is 23.0 Å². The maximum Gasteiger partial charge on any atom is 0.334 e. The topological polar surface area (TPSA) is 134 Å². The van der Waals surface area contributed by atoms with Crippen LogP contribution in [0, 0.1) is 16.2 Å². The normalized spacial score (nSPS) is 30.2. The molecule has 4 N–H and O–H groups in total. The summed E-state index contributed by atoms with van der Waals surface area (Å²) in [6.07, 6.45) is 7.42. The first kappa shape index (κ1) is 21.6. The van der Waals surface area contributed by atoms with Crippen LogP contribution in [0.1, 0.15) is 76.3 Å². The molecule has 2 aliphatic carbocycles.